The van der Waals surface area contributed by atoms with Crippen LogP contribution in [0, 0.1) is 23.0 Å². The first-order valence-electron chi connectivity index (χ1n) is 9.68. The molecule has 2 fully saturated rings. The van der Waals surface area contributed by atoms with E-state index in [1.807, 2.05) is 20.1 Å². The van der Waals surface area contributed by atoms with E-state index in [9.17, 15) is 10.1 Å². The molecule has 144 valence electrons. The predicted octanol–water partition coefficient (Wildman–Crippen LogP) is 4.88. The minimum absolute atomic E-state index is 0.238. The maximum Gasteiger partial charge on any atom is 0.272 e. The van der Waals surface area contributed by atoms with Gasteiger partial charge in [0, 0.05) is 29.3 Å². The van der Waals surface area contributed by atoms with Gasteiger partial charge in [-0.25, -0.2) is 0 Å². The van der Waals surface area contributed by atoms with Gasteiger partial charge in [0.05, 0.1) is 11.0 Å². The molecule has 0 radical (unpaired) electrons. The molecule has 6 heteroatoms. The first kappa shape index (κ1) is 19.8. The van der Waals surface area contributed by atoms with Crippen LogP contribution in [-0.2, 0) is 11.2 Å². The lowest BCUT2D eigenvalue weighted by Crippen LogP contribution is -2.44. The molecule has 0 bridgehead atoms. The van der Waals surface area contributed by atoms with Crippen molar-refractivity contribution < 1.29 is 9.66 Å². The number of hydrogen-bond acceptors (Lipinski definition) is 4. The molecule has 1 aromatic rings. The Bertz CT molecular complexity index is 636. The number of aryl methyl sites for hydroxylation is 1. The minimum Gasteiger partial charge on any atom is -0.381 e. The summed E-state index contributed by atoms with van der Waals surface area (Å²) in [7, 11) is 1.82. The summed E-state index contributed by atoms with van der Waals surface area (Å²) in [6, 6.07) is 4.35. The molecule has 1 saturated carbocycles. The van der Waals surface area contributed by atoms with Gasteiger partial charge in [-0.15, -0.1) is 0 Å². The van der Waals surface area contributed by atoms with Crippen molar-refractivity contribution in [3.05, 3.63) is 37.8 Å². The molecule has 1 saturated heterocycles. The van der Waals surface area contributed by atoms with Gasteiger partial charge in [-0.2, -0.15) is 0 Å². The van der Waals surface area contributed by atoms with Crippen LogP contribution in [-0.4, -0.2) is 42.2 Å². The third kappa shape index (κ3) is 4.65. The van der Waals surface area contributed by atoms with Gasteiger partial charge in [-0.05, 0) is 82.5 Å². The van der Waals surface area contributed by atoms with Gasteiger partial charge in [0.1, 0.15) is 0 Å². The van der Waals surface area contributed by atoms with Gasteiger partial charge in [-0.3, -0.25) is 10.1 Å². The standard InChI is InChI=1S/C20H29BrN2O3/c1-14-11-20(23(24)25)16(13-19(14)21)12-15-7-9-22(10-8-15)17-3-5-18(26-2)6-4-17/h11,13,15,17-18H,3-10,12H2,1-2H3. The minimum atomic E-state index is -0.238. The van der Waals surface area contributed by atoms with Crippen molar-refractivity contribution in [3.8, 4) is 0 Å². The Labute approximate surface area is 164 Å². The number of ether oxygens (including phenoxy) is 1. The highest BCUT2D eigenvalue weighted by molar-refractivity contribution is 9.10. The van der Waals surface area contributed by atoms with E-state index in [-0.39, 0.29) is 10.6 Å². The van der Waals surface area contributed by atoms with Crippen LogP contribution < -0.4 is 0 Å². The van der Waals surface area contributed by atoms with Crippen molar-refractivity contribution in [2.24, 2.45) is 5.92 Å². The van der Waals surface area contributed by atoms with Crippen LogP contribution in [0.2, 0.25) is 0 Å². The number of halogens is 1. The quantitative estimate of drug-likeness (QED) is 0.499. The maximum atomic E-state index is 11.4. The number of nitro groups is 1. The molecule has 0 spiro atoms. The van der Waals surface area contributed by atoms with Crippen LogP contribution in [0.25, 0.3) is 0 Å². The zero-order valence-corrected chi connectivity index (χ0v) is 17.3. The summed E-state index contributed by atoms with van der Waals surface area (Å²) in [4.78, 5) is 13.8. The Kier molecular flexibility index (Phi) is 6.70. The normalized spacial score (nSPS) is 25.3. The van der Waals surface area contributed by atoms with E-state index < -0.39 is 0 Å². The molecule has 0 atom stereocenters. The number of hydrogen-bond donors (Lipinski definition) is 0. The van der Waals surface area contributed by atoms with Crippen molar-refractivity contribution in [2.45, 2.75) is 64.0 Å². The van der Waals surface area contributed by atoms with Gasteiger partial charge >= 0.3 is 0 Å². The topological polar surface area (TPSA) is 55.6 Å². The fourth-order valence-electron chi connectivity index (χ4n) is 4.52. The Morgan fingerprint density at radius 1 is 1.19 bits per heavy atom. The van der Waals surface area contributed by atoms with Gasteiger partial charge in [0.25, 0.3) is 5.69 Å². The molecule has 26 heavy (non-hydrogen) atoms. The molecule has 1 aliphatic carbocycles. The second-order valence-electron chi connectivity index (χ2n) is 7.84. The van der Waals surface area contributed by atoms with Crippen molar-refractivity contribution in [3.63, 3.8) is 0 Å². The molecule has 0 N–H and O–H groups in total. The molecular weight excluding hydrogens is 396 g/mol. The molecule has 0 amide bonds. The second kappa shape index (κ2) is 8.81. The maximum absolute atomic E-state index is 11.4. The summed E-state index contributed by atoms with van der Waals surface area (Å²) >= 11 is 3.53. The van der Waals surface area contributed by atoms with E-state index >= 15 is 0 Å². The van der Waals surface area contributed by atoms with Crippen LogP contribution in [0.5, 0.6) is 0 Å². The summed E-state index contributed by atoms with van der Waals surface area (Å²) in [5.74, 6) is 0.537. The van der Waals surface area contributed by atoms with E-state index in [1.165, 1.54) is 25.7 Å². The van der Waals surface area contributed by atoms with E-state index in [1.54, 1.807) is 6.07 Å². The molecule has 1 aliphatic heterocycles. The molecule has 1 heterocycles. The number of rotatable bonds is 5. The lowest BCUT2D eigenvalue weighted by atomic mass is 9.86. The number of nitrogens with zero attached hydrogens (tertiary/aromatic N) is 2. The van der Waals surface area contributed by atoms with E-state index in [4.69, 9.17) is 4.74 Å². The van der Waals surface area contributed by atoms with Crippen LogP contribution in [0.4, 0.5) is 5.69 Å². The number of likely N-dealkylation sites (tertiary alicyclic amines) is 1. The highest BCUT2D eigenvalue weighted by Crippen LogP contribution is 2.33. The van der Waals surface area contributed by atoms with Crippen LogP contribution in [0.15, 0.2) is 16.6 Å². The third-order valence-corrected chi connectivity index (χ3v) is 7.06. The Hall–Kier alpha value is -0.980. The Morgan fingerprint density at radius 2 is 1.85 bits per heavy atom. The van der Waals surface area contributed by atoms with Crippen molar-refractivity contribution >= 4 is 21.6 Å². The summed E-state index contributed by atoms with van der Waals surface area (Å²) < 4.78 is 6.44. The molecule has 3 rings (SSSR count). The molecule has 0 unspecified atom stereocenters. The second-order valence-corrected chi connectivity index (χ2v) is 8.69. The summed E-state index contributed by atoms with van der Waals surface area (Å²) in [5, 5.41) is 11.4. The van der Waals surface area contributed by atoms with E-state index in [0.29, 0.717) is 18.1 Å². The fourth-order valence-corrected chi connectivity index (χ4v) is 4.91. The van der Waals surface area contributed by atoms with Crippen LogP contribution in [0.3, 0.4) is 0 Å². The van der Waals surface area contributed by atoms with Crippen molar-refractivity contribution in [1.29, 1.82) is 0 Å². The average Bonchev–Trinajstić information content (AvgIpc) is 2.65. The molecule has 0 aromatic heterocycles. The van der Waals surface area contributed by atoms with E-state index in [0.717, 1.165) is 48.0 Å². The molecule has 1 aromatic carbocycles. The fraction of sp³-hybridized carbons (Fsp3) is 0.700. The van der Waals surface area contributed by atoms with Gasteiger partial charge in [0.2, 0.25) is 0 Å². The lowest BCUT2D eigenvalue weighted by Gasteiger charge is -2.40. The summed E-state index contributed by atoms with van der Waals surface area (Å²) in [6.45, 7) is 4.14. The first-order chi connectivity index (χ1) is 12.5. The molecule has 2 aliphatic rings. The Balaban J connectivity index is 1.56. The van der Waals surface area contributed by atoms with Crippen molar-refractivity contribution in [1.82, 2.24) is 4.90 Å². The van der Waals surface area contributed by atoms with Gasteiger partial charge < -0.3 is 9.64 Å². The van der Waals surface area contributed by atoms with Gasteiger partial charge in [0.15, 0.2) is 0 Å². The highest BCUT2D eigenvalue weighted by atomic mass is 79.9. The summed E-state index contributed by atoms with van der Waals surface area (Å²) in [5.41, 5.74) is 2.06. The highest BCUT2D eigenvalue weighted by Gasteiger charge is 2.30. The zero-order chi connectivity index (χ0) is 18.7. The zero-order valence-electron chi connectivity index (χ0n) is 15.7. The third-order valence-electron chi connectivity index (χ3n) is 6.21. The number of piperidine rings is 1. The van der Waals surface area contributed by atoms with Gasteiger partial charge in [-0.1, -0.05) is 15.9 Å². The smallest absolute Gasteiger partial charge is 0.272 e. The Morgan fingerprint density at radius 3 is 2.42 bits per heavy atom. The van der Waals surface area contributed by atoms with Crippen LogP contribution in [0.1, 0.15) is 49.7 Å². The number of nitro benzene ring substituents is 1. The largest absolute Gasteiger partial charge is 0.381 e. The molecule has 5 nitrogen and oxygen atoms in total. The van der Waals surface area contributed by atoms with E-state index in [2.05, 4.69) is 20.8 Å². The number of benzene rings is 1. The van der Waals surface area contributed by atoms with Crippen molar-refractivity contribution in [2.75, 3.05) is 20.2 Å². The average molecular weight is 425 g/mol. The molecular formula is C20H29BrN2O3. The first-order valence-corrected chi connectivity index (χ1v) is 10.5. The number of methoxy groups -OCH3 is 1. The van der Waals surface area contributed by atoms with Crippen LogP contribution >= 0.6 is 15.9 Å². The predicted molar refractivity (Wildman–Crippen MR) is 107 cm³/mol. The summed E-state index contributed by atoms with van der Waals surface area (Å²) in [6.07, 6.45) is 8.33. The monoisotopic (exact) mass is 424 g/mol. The SMILES string of the molecule is COC1CCC(N2CCC(Cc3cc(Br)c(C)cc3[N+](=O)[O-])CC2)CC1. The lowest BCUT2D eigenvalue weighted by molar-refractivity contribution is -0.385.